The van der Waals surface area contributed by atoms with Crippen LogP contribution in [-0.2, 0) is 22.7 Å². The van der Waals surface area contributed by atoms with Crippen molar-refractivity contribution in [1.82, 2.24) is 14.5 Å². The summed E-state index contributed by atoms with van der Waals surface area (Å²) in [5.74, 6) is -0.0782. The average Bonchev–Trinajstić information content (AvgIpc) is 3.62. The number of hydrogen-bond acceptors (Lipinski definition) is 7. The van der Waals surface area contributed by atoms with Crippen molar-refractivity contribution in [2.24, 2.45) is 0 Å². The van der Waals surface area contributed by atoms with Crippen LogP contribution in [0.5, 0.6) is 17.2 Å². The molecule has 0 saturated carbocycles. The van der Waals surface area contributed by atoms with Crippen LogP contribution in [0.2, 0.25) is 0 Å². The Morgan fingerprint density at radius 1 is 0.952 bits per heavy atom. The van der Waals surface area contributed by atoms with Gasteiger partial charge in [-0.2, -0.15) is 0 Å². The maximum Gasteiger partial charge on any atom is 0.295 e. The zero-order valence-electron chi connectivity index (χ0n) is 23.8. The highest BCUT2D eigenvalue weighted by Gasteiger charge is 2.46. The summed E-state index contributed by atoms with van der Waals surface area (Å²) < 4.78 is 18.7. The molecule has 0 aliphatic carbocycles. The number of carbonyl (C=O) groups is 2. The van der Waals surface area contributed by atoms with Crippen molar-refractivity contribution in [2.75, 3.05) is 20.8 Å². The van der Waals surface area contributed by atoms with Crippen molar-refractivity contribution in [1.29, 1.82) is 0 Å². The molecular weight excluding hydrogens is 534 g/mol. The largest absolute Gasteiger partial charge is 0.507 e. The van der Waals surface area contributed by atoms with Gasteiger partial charge in [0.05, 0.1) is 32.2 Å². The van der Waals surface area contributed by atoms with Crippen molar-refractivity contribution in [2.45, 2.75) is 32.5 Å². The molecule has 1 saturated heterocycles. The van der Waals surface area contributed by atoms with Gasteiger partial charge in [0.15, 0.2) is 11.5 Å². The van der Waals surface area contributed by atoms with Crippen molar-refractivity contribution < 1.29 is 28.9 Å². The quantitative estimate of drug-likeness (QED) is 0.149. The van der Waals surface area contributed by atoms with E-state index in [1.165, 1.54) is 19.1 Å². The van der Waals surface area contributed by atoms with E-state index in [2.05, 4.69) is 4.98 Å². The first-order chi connectivity index (χ1) is 20.4. The highest BCUT2D eigenvalue weighted by Crippen LogP contribution is 2.42. The normalized spacial score (nSPS) is 16.1. The van der Waals surface area contributed by atoms with Crippen LogP contribution < -0.4 is 14.2 Å². The van der Waals surface area contributed by atoms with Crippen LogP contribution in [0.4, 0.5) is 0 Å². The third kappa shape index (κ3) is 5.85. The molecule has 1 amide bonds. The molecule has 0 spiro atoms. The lowest BCUT2D eigenvalue weighted by Crippen LogP contribution is -2.31. The summed E-state index contributed by atoms with van der Waals surface area (Å²) in [7, 11) is 3.06. The maximum absolute atomic E-state index is 13.4. The lowest BCUT2D eigenvalue weighted by molar-refractivity contribution is -0.139. The van der Waals surface area contributed by atoms with Crippen molar-refractivity contribution >= 4 is 17.4 Å². The van der Waals surface area contributed by atoms with E-state index in [-0.39, 0.29) is 11.3 Å². The number of benzene rings is 3. The molecule has 0 radical (unpaired) electrons. The number of amides is 1. The molecule has 1 aromatic heterocycles. The van der Waals surface area contributed by atoms with Crippen molar-refractivity contribution in [3.63, 3.8) is 0 Å². The molecular formula is C33H33N3O6. The number of ether oxygens (including phenoxy) is 3. The number of aliphatic hydroxyl groups excluding tert-OH is 1. The van der Waals surface area contributed by atoms with Crippen molar-refractivity contribution in [3.05, 3.63) is 113 Å². The van der Waals surface area contributed by atoms with Crippen LogP contribution in [0.25, 0.3) is 5.76 Å². The Bertz CT molecular complexity index is 1590. The van der Waals surface area contributed by atoms with Crippen LogP contribution >= 0.6 is 0 Å². The lowest BCUT2D eigenvalue weighted by atomic mass is 9.95. The summed E-state index contributed by atoms with van der Waals surface area (Å²) >= 11 is 0. The van der Waals surface area contributed by atoms with Gasteiger partial charge in [-0.3, -0.25) is 9.59 Å². The van der Waals surface area contributed by atoms with Gasteiger partial charge in [-0.15, -0.1) is 0 Å². The van der Waals surface area contributed by atoms with Crippen LogP contribution in [-0.4, -0.2) is 52.0 Å². The monoisotopic (exact) mass is 567 g/mol. The number of ketones is 1. The number of rotatable bonds is 11. The average molecular weight is 568 g/mol. The SMILES string of the molecule is COc1ccc(C2/C(=C(/O)c3ccc(OCc4ccccc4C)cc3)C(=O)C(=O)N2CCCn2ccnc2)cc1OC. The Labute approximate surface area is 244 Å². The second-order valence-corrected chi connectivity index (χ2v) is 10.0. The second-order valence-electron chi connectivity index (χ2n) is 10.0. The summed E-state index contributed by atoms with van der Waals surface area (Å²) in [5, 5.41) is 11.5. The molecule has 1 N–H and O–H groups in total. The fourth-order valence-corrected chi connectivity index (χ4v) is 5.12. The minimum absolute atomic E-state index is 0.0171. The molecule has 1 atom stereocenters. The molecule has 5 rings (SSSR count). The predicted octanol–water partition coefficient (Wildman–Crippen LogP) is 5.30. The summed E-state index contributed by atoms with van der Waals surface area (Å²) in [4.78, 5) is 32.3. The minimum atomic E-state index is -0.815. The maximum atomic E-state index is 13.4. The Morgan fingerprint density at radius 2 is 1.71 bits per heavy atom. The molecule has 1 aliphatic rings. The van der Waals surface area contributed by atoms with Gasteiger partial charge in [0.1, 0.15) is 18.1 Å². The fraction of sp³-hybridized carbons (Fsp3) is 0.242. The standard InChI is InChI=1S/C33H33N3O6/c1-22-7-4-5-8-25(22)20-42-26-12-9-23(10-13-26)31(37)29-30(24-11-14-27(40-2)28(19-24)41-3)36(33(39)32(29)38)17-6-16-35-18-15-34-21-35/h4-5,7-15,18-19,21,30,37H,6,16-17,20H2,1-3H3/b31-29-. The summed E-state index contributed by atoms with van der Waals surface area (Å²) in [6.07, 6.45) is 5.82. The number of aryl methyl sites for hydroxylation is 2. The minimum Gasteiger partial charge on any atom is -0.507 e. The third-order valence-electron chi connectivity index (χ3n) is 7.42. The first-order valence-electron chi connectivity index (χ1n) is 13.6. The highest BCUT2D eigenvalue weighted by atomic mass is 16.5. The molecule has 1 fully saturated rings. The number of likely N-dealkylation sites (tertiary alicyclic amines) is 1. The molecule has 3 aromatic carbocycles. The van der Waals surface area contributed by atoms with Crippen LogP contribution in [0, 0.1) is 6.92 Å². The summed E-state index contributed by atoms with van der Waals surface area (Å²) in [5.41, 5.74) is 3.25. The Hall–Kier alpha value is -5.05. The molecule has 0 bridgehead atoms. The van der Waals surface area contributed by atoms with Gasteiger partial charge in [0.2, 0.25) is 0 Å². The number of Topliss-reactive ketones (excluding diaryl/α,β-unsaturated/α-hetero) is 1. The Balaban J connectivity index is 1.46. The van der Waals surface area contributed by atoms with Crippen molar-refractivity contribution in [3.8, 4) is 17.2 Å². The Morgan fingerprint density at radius 3 is 2.40 bits per heavy atom. The third-order valence-corrected chi connectivity index (χ3v) is 7.42. The number of nitrogens with zero attached hydrogens (tertiary/aromatic N) is 3. The first-order valence-corrected chi connectivity index (χ1v) is 13.6. The number of methoxy groups -OCH3 is 2. The van der Waals surface area contributed by atoms with Gasteiger partial charge in [-0.05, 0) is 66.4 Å². The van der Waals surface area contributed by atoms with Gasteiger partial charge in [-0.1, -0.05) is 30.3 Å². The smallest absolute Gasteiger partial charge is 0.295 e. The topological polar surface area (TPSA) is 103 Å². The molecule has 4 aromatic rings. The van der Waals surface area contributed by atoms with Gasteiger partial charge >= 0.3 is 0 Å². The van der Waals surface area contributed by atoms with E-state index in [0.717, 1.165) is 11.1 Å². The zero-order chi connectivity index (χ0) is 29.6. The predicted molar refractivity (Wildman–Crippen MR) is 157 cm³/mol. The molecule has 1 aliphatic heterocycles. The first kappa shape index (κ1) is 28.5. The number of hydrogen-bond donors (Lipinski definition) is 1. The number of carbonyl (C=O) groups excluding carboxylic acids is 2. The summed E-state index contributed by atoms with van der Waals surface area (Å²) in [6.45, 7) is 3.35. The van der Waals surface area contributed by atoms with E-state index in [4.69, 9.17) is 14.2 Å². The fourth-order valence-electron chi connectivity index (χ4n) is 5.12. The molecule has 2 heterocycles. The van der Waals surface area contributed by atoms with E-state index >= 15 is 0 Å². The number of imidazole rings is 1. The van der Waals surface area contributed by atoms with E-state index in [9.17, 15) is 14.7 Å². The van der Waals surface area contributed by atoms with Gasteiger partial charge < -0.3 is 28.8 Å². The molecule has 42 heavy (non-hydrogen) atoms. The van der Waals surface area contributed by atoms with E-state index in [0.29, 0.717) is 54.5 Å². The van der Waals surface area contributed by atoms with E-state index < -0.39 is 17.7 Å². The molecule has 9 heteroatoms. The van der Waals surface area contributed by atoms with Gasteiger partial charge in [0.25, 0.3) is 11.7 Å². The summed E-state index contributed by atoms with van der Waals surface area (Å²) in [6, 6.07) is 19.2. The molecule has 216 valence electrons. The zero-order valence-corrected chi connectivity index (χ0v) is 23.8. The van der Waals surface area contributed by atoms with Crippen LogP contribution in [0.1, 0.15) is 34.7 Å². The van der Waals surface area contributed by atoms with Crippen LogP contribution in [0.15, 0.2) is 91.0 Å². The van der Waals surface area contributed by atoms with Gasteiger partial charge in [0, 0.05) is 31.0 Å². The Kier molecular flexibility index (Phi) is 8.57. The second kappa shape index (κ2) is 12.6. The molecule has 9 nitrogen and oxygen atoms in total. The highest BCUT2D eigenvalue weighted by molar-refractivity contribution is 6.46. The molecule has 1 unspecified atom stereocenters. The lowest BCUT2D eigenvalue weighted by Gasteiger charge is -2.26. The van der Waals surface area contributed by atoms with E-state index in [1.807, 2.05) is 42.0 Å². The van der Waals surface area contributed by atoms with Crippen LogP contribution in [0.3, 0.4) is 0 Å². The number of aliphatic hydroxyl groups is 1. The number of aromatic nitrogens is 2. The van der Waals surface area contributed by atoms with E-state index in [1.54, 1.807) is 55.0 Å². The van der Waals surface area contributed by atoms with Gasteiger partial charge in [-0.25, -0.2) is 4.98 Å².